The normalized spacial score (nSPS) is 16.7. The molecule has 114 valence electrons. The van der Waals surface area contributed by atoms with Crippen LogP contribution in [0.1, 0.15) is 11.5 Å². The average Bonchev–Trinajstić information content (AvgIpc) is 2.85. The summed E-state index contributed by atoms with van der Waals surface area (Å²) in [5, 5.41) is 3.85. The molecule has 1 aliphatic rings. The van der Waals surface area contributed by atoms with Crippen molar-refractivity contribution in [3.63, 3.8) is 0 Å². The standard InChI is InChI=1S/C15H13BrN2O4/c1-9-11(16)6-10(21-9)7-17-18-15(19)14-8-20-12-4-2-3-5-13(12)22-14/h2-7,14H,8H2,1H3,(H,18,19)/b17-7-/t14-/m0/s1. The van der Waals surface area contributed by atoms with Crippen LogP contribution < -0.4 is 14.9 Å². The molecule has 1 aromatic carbocycles. The maximum absolute atomic E-state index is 12.0. The van der Waals surface area contributed by atoms with Gasteiger partial charge in [-0.1, -0.05) is 12.1 Å². The number of para-hydroxylation sites is 2. The van der Waals surface area contributed by atoms with Gasteiger partial charge >= 0.3 is 0 Å². The predicted molar refractivity (Wildman–Crippen MR) is 83.2 cm³/mol. The summed E-state index contributed by atoms with van der Waals surface area (Å²) in [5.74, 6) is 2.08. The van der Waals surface area contributed by atoms with Gasteiger partial charge in [-0.25, -0.2) is 5.43 Å². The molecule has 1 aromatic heterocycles. The van der Waals surface area contributed by atoms with Gasteiger partial charge in [0.05, 0.1) is 10.7 Å². The number of nitrogens with zero attached hydrogens (tertiary/aromatic N) is 1. The van der Waals surface area contributed by atoms with E-state index in [4.69, 9.17) is 13.9 Å². The van der Waals surface area contributed by atoms with Crippen LogP contribution >= 0.6 is 15.9 Å². The minimum absolute atomic E-state index is 0.143. The number of aryl methyl sites for hydroxylation is 1. The van der Waals surface area contributed by atoms with Crippen LogP contribution in [-0.2, 0) is 4.79 Å². The van der Waals surface area contributed by atoms with Crippen molar-refractivity contribution in [3.05, 3.63) is 46.3 Å². The van der Waals surface area contributed by atoms with E-state index in [1.54, 1.807) is 18.2 Å². The molecule has 0 saturated carbocycles. The first kappa shape index (κ1) is 14.6. The third kappa shape index (κ3) is 3.14. The van der Waals surface area contributed by atoms with Crippen molar-refractivity contribution in [2.45, 2.75) is 13.0 Å². The topological polar surface area (TPSA) is 73.1 Å². The van der Waals surface area contributed by atoms with Crippen LogP contribution in [0.4, 0.5) is 0 Å². The van der Waals surface area contributed by atoms with Crippen LogP contribution in [0.5, 0.6) is 11.5 Å². The summed E-state index contributed by atoms with van der Waals surface area (Å²) in [4.78, 5) is 12.0. The zero-order chi connectivity index (χ0) is 15.5. The van der Waals surface area contributed by atoms with Gasteiger partial charge in [-0.15, -0.1) is 0 Å². The van der Waals surface area contributed by atoms with Gasteiger partial charge in [0, 0.05) is 6.07 Å². The molecule has 22 heavy (non-hydrogen) atoms. The van der Waals surface area contributed by atoms with Crippen molar-refractivity contribution >= 4 is 28.1 Å². The number of halogens is 1. The second-order valence-electron chi connectivity index (χ2n) is 4.65. The predicted octanol–water partition coefficient (Wildman–Crippen LogP) is 2.64. The zero-order valence-corrected chi connectivity index (χ0v) is 13.3. The molecular weight excluding hydrogens is 352 g/mol. The first-order valence-corrected chi connectivity index (χ1v) is 7.40. The number of carbonyl (C=O) groups excluding carboxylic acids is 1. The summed E-state index contributed by atoms with van der Waals surface area (Å²) in [6.07, 6.45) is 0.685. The molecule has 1 N–H and O–H groups in total. The number of fused-ring (bicyclic) bond motifs is 1. The minimum atomic E-state index is -0.739. The number of hydrogen-bond acceptors (Lipinski definition) is 5. The highest BCUT2D eigenvalue weighted by Gasteiger charge is 2.26. The first-order valence-electron chi connectivity index (χ1n) is 6.61. The smallest absolute Gasteiger partial charge is 0.284 e. The lowest BCUT2D eigenvalue weighted by molar-refractivity contribution is -0.130. The van der Waals surface area contributed by atoms with Crippen LogP contribution in [0.25, 0.3) is 0 Å². The SMILES string of the molecule is Cc1oc(/C=N\NC(=O)[C@@H]2COc3ccccc3O2)cc1Br. The van der Waals surface area contributed by atoms with Gasteiger partial charge in [-0.3, -0.25) is 4.79 Å². The van der Waals surface area contributed by atoms with Crippen LogP contribution in [0.15, 0.2) is 44.3 Å². The van der Waals surface area contributed by atoms with E-state index in [2.05, 4.69) is 26.5 Å². The lowest BCUT2D eigenvalue weighted by atomic mass is 10.2. The van der Waals surface area contributed by atoms with Gasteiger partial charge in [0.2, 0.25) is 6.10 Å². The van der Waals surface area contributed by atoms with E-state index < -0.39 is 6.10 Å². The van der Waals surface area contributed by atoms with Gasteiger partial charge in [-0.2, -0.15) is 5.10 Å². The van der Waals surface area contributed by atoms with Crippen LogP contribution in [0.3, 0.4) is 0 Å². The van der Waals surface area contributed by atoms with E-state index >= 15 is 0 Å². The Morgan fingerprint density at radius 3 is 2.91 bits per heavy atom. The molecular formula is C15H13BrN2O4. The minimum Gasteiger partial charge on any atom is -0.485 e. The van der Waals surface area contributed by atoms with Crippen molar-refractivity contribution in [1.29, 1.82) is 0 Å². The second-order valence-corrected chi connectivity index (χ2v) is 5.51. The van der Waals surface area contributed by atoms with E-state index in [1.807, 2.05) is 19.1 Å². The molecule has 6 nitrogen and oxygen atoms in total. The Kier molecular flexibility index (Phi) is 4.15. The van der Waals surface area contributed by atoms with Gasteiger partial charge in [0.1, 0.15) is 18.1 Å². The lowest BCUT2D eigenvalue weighted by Gasteiger charge is -2.24. The fraction of sp³-hybridized carbons (Fsp3) is 0.200. The summed E-state index contributed by atoms with van der Waals surface area (Å²) >= 11 is 3.34. The van der Waals surface area contributed by atoms with E-state index in [0.717, 1.165) is 10.2 Å². The number of amides is 1. The number of hydrogen-bond donors (Lipinski definition) is 1. The maximum atomic E-state index is 12.0. The van der Waals surface area contributed by atoms with Crippen molar-refractivity contribution in [1.82, 2.24) is 5.43 Å². The molecule has 7 heteroatoms. The number of rotatable bonds is 3. The molecule has 0 saturated heterocycles. The Labute approximate surface area is 135 Å². The monoisotopic (exact) mass is 364 g/mol. The van der Waals surface area contributed by atoms with E-state index in [1.165, 1.54) is 6.21 Å². The van der Waals surface area contributed by atoms with Crippen molar-refractivity contribution in [3.8, 4) is 11.5 Å². The van der Waals surface area contributed by atoms with Crippen LogP contribution in [0, 0.1) is 6.92 Å². The molecule has 1 atom stereocenters. The Balaban J connectivity index is 1.59. The number of hydrazone groups is 1. The molecule has 0 bridgehead atoms. The van der Waals surface area contributed by atoms with Gasteiger partial charge < -0.3 is 13.9 Å². The van der Waals surface area contributed by atoms with E-state index in [9.17, 15) is 4.79 Å². The summed E-state index contributed by atoms with van der Waals surface area (Å²) in [7, 11) is 0. The molecule has 0 radical (unpaired) electrons. The number of ether oxygens (including phenoxy) is 2. The summed E-state index contributed by atoms with van der Waals surface area (Å²) in [5.41, 5.74) is 2.41. The highest BCUT2D eigenvalue weighted by atomic mass is 79.9. The fourth-order valence-electron chi connectivity index (χ4n) is 1.93. The molecule has 1 amide bonds. The molecule has 0 aliphatic carbocycles. The Bertz CT molecular complexity index is 707. The molecule has 0 spiro atoms. The molecule has 0 unspecified atom stereocenters. The number of carbonyl (C=O) groups is 1. The summed E-state index contributed by atoms with van der Waals surface area (Å²) < 4.78 is 17.3. The van der Waals surface area contributed by atoms with Crippen molar-refractivity contribution in [2.75, 3.05) is 6.61 Å². The quantitative estimate of drug-likeness (QED) is 0.671. The maximum Gasteiger partial charge on any atom is 0.284 e. The largest absolute Gasteiger partial charge is 0.485 e. The number of nitrogens with one attached hydrogen (secondary N) is 1. The van der Waals surface area contributed by atoms with Crippen LogP contribution in [0.2, 0.25) is 0 Å². The lowest BCUT2D eigenvalue weighted by Crippen LogP contribution is -2.42. The average molecular weight is 365 g/mol. The third-order valence-electron chi connectivity index (χ3n) is 3.04. The van der Waals surface area contributed by atoms with Gasteiger partial charge in [-0.05, 0) is 35.0 Å². The van der Waals surface area contributed by atoms with Crippen LogP contribution in [-0.4, -0.2) is 24.8 Å². The number of benzene rings is 1. The highest BCUT2D eigenvalue weighted by molar-refractivity contribution is 9.10. The molecule has 2 aromatic rings. The van der Waals surface area contributed by atoms with E-state index in [-0.39, 0.29) is 12.5 Å². The molecule has 0 fully saturated rings. The van der Waals surface area contributed by atoms with Crippen molar-refractivity contribution in [2.24, 2.45) is 5.10 Å². The highest BCUT2D eigenvalue weighted by Crippen LogP contribution is 2.30. The Hall–Kier alpha value is -2.28. The fourth-order valence-corrected chi connectivity index (χ4v) is 2.23. The third-order valence-corrected chi connectivity index (χ3v) is 3.83. The van der Waals surface area contributed by atoms with Crippen molar-refractivity contribution < 1.29 is 18.7 Å². The Morgan fingerprint density at radius 1 is 1.41 bits per heavy atom. The summed E-state index contributed by atoms with van der Waals surface area (Å²) in [6, 6.07) is 8.97. The van der Waals surface area contributed by atoms with Gasteiger partial charge in [0.15, 0.2) is 11.5 Å². The Morgan fingerprint density at radius 2 is 2.18 bits per heavy atom. The van der Waals surface area contributed by atoms with E-state index in [0.29, 0.717) is 17.3 Å². The zero-order valence-electron chi connectivity index (χ0n) is 11.7. The molecule has 3 rings (SSSR count). The van der Waals surface area contributed by atoms with Gasteiger partial charge in [0.25, 0.3) is 5.91 Å². The summed E-state index contributed by atoms with van der Waals surface area (Å²) in [6.45, 7) is 1.97. The number of furan rings is 1. The first-order chi connectivity index (χ1) is 10.6. The second kappa shape index (κ2) is 6.23. The molecule has 2 heterocycles. The molecule has 1 aliphatic heterocycles.